The van der Waals surface area contributed by atoms with E-state index in [4.69, 9.17) is 11.6 Å². The van der Waals surface area contributed by atoms with Crippen LogP contribution < -0.4 is 5.32 Å². The van der Waals surface area contributed by atoms with E-state index in [1.165, 1.54) is 0 Å². The van der Waals surface area contributed by atoms with Crippen molar-refractivity contribution in [3.8, 4) is 0 Å². The molecule has 2 rings (SSSR count). The van der Waals surface area contributed by atoms with Gasteiger partial charge in [0.05, 0.1) is 5.02 Å². The maximum atomic E-state index is 12.6. The van der Waals surface area contributed by atoms with Gasteiger partial charge >= 0.3 is 0 Å². The Kier molecular flexibility index (Phi) is 4.74. The molecule has 0 saturated carbocycles. The number of piperazine rings is 1. The van der Waals surface area contributed by atoms with Crippen LogP contribution in [0.3, 0.4) is 0 Å². The molecule has 6 heteroatoms. The van der Waals surface area contributed by atoms with Crippen molar-refractivity contribution in [2.45, 2.75) is 26.3 Å². The summed E-state index contributed by atoms with van der Waals surface area (Å²) in [5.41, 5.74) is 0.463. The fourth-order valence-corrected chi connectivity index (χ4v) is 2.65. The first-order valence-corrected chi connectivity index (χ1v) is 7.59. The number of amides is 1. The highest BCUT2D eigenvalue weighted by atomic mass is 35.5. The van der Waals surface area contributed by atoms with E-state index in [1.807, 2.05) is 4.90 Å². The van der Waals surface area contributed by atoms with Gasteiger partial charge in [-0.15, -0.1) is 0 Å². The van der Waals surface area contributed by atoms with Crippen LogP contribution in [0.25, 0.3) is 0 Å². The van der Waals surface area contributed by atoms with Crippen molar-refractivity contribution in [1.29, 1.82) is 0 Å². The molecular formula is C15H23ClN4O. The summed E-state index contributed by atoms with van der Waals surface area (Å²) in [6.45, 7) is 9.74. The first-order chi connectivity index (χ1) is 9.82. The van der Waals surface area contributed by atoms with Crippen LogP contribution in [0.5, 0.6) is 0 Å². The third-order valence-corrected chi connectivity index (χ3v) is 4.13. The smallest absolute Gasteiger partial charge is 0.274 e. The number of nitrogens with one attached hydrogen (secondary N) is 1. The molecule has 2 heterocycles. The van der Waals surface area contributed by atoms with E-state index in [0.29, 0.717) is 29.6 Å². The highest BCUT2D eigenvalue weighted by molar-refractivity contribution is 6.33. The Balaban J connectivity index is 2.09. The molecule has 1 fully saturated rings. The topological polar surface area (TPSA) is 48.5 Å². The number of pyridine rings is 1. The lowest BCUT2D eigenvalue weighted by Gasteiger charge is -2.42. The fourth-order valence-electron chi connectivity index (χ4n) is 2.46. The molecule has 1 aromatic rings. The number of carbonyl (C=O) groups is 1. The van der Waals surface area contributed by atoms with Crippen LogP contribution in [-0.4, -0.2) is 59.5 Å². The summed E-state index contributed by atoms with van der Waals surface area (Å²) in [7, 11) is 1.77. The van der Waals surface area contributed by atoms with Gasteiger partial charge in [-0.05, 0) is 32.9 Å². The van der Waals surface area contributed by atoms with E-state index in [2.05, 4.69) is 36.0 Å². The molecule has 116 valence electrons. The van der Waals surface area contributed by atoms with Gasteiger partial charge in [-0.2, -0.15) is 0 Å². The average Bonchev–Trinajstić information content (AvgIpc) is 2.46. The number of hydrogen-bond donors (Lipinski definition) is 1. The van der Waals surface area contributed by atoms with Gasteiger partial charge < -0.3 is 10.2 Å². The van der Waals surface area contributed by atoms with Gasteiger partial charge in [0.15, 0.2) is 0 Å². The van der Waals surface area contributed by atoms with Gasteiger partial charge in [0.25, 0.3) is 5.91 Å². The lowest BCUT2D eigenvalue weighted by molar-refractivity contribution is 0.0447. The van der Waals surface area contributed by atoms with Crippen molar-refractivity contribution in [1.82, 2.24) is 14.8 Å². The summed E-state index contributed by atoms with van der Waals surface area (Å²) in [4.78, 5) is 21.1. The van der Waals surface area contributed by atoms with Crippen LogP contribution in [0.1, 0.15) is 31.3 Å². The van der Waals surface area contributed by atoms with E-state index in [9.17, 15) is 4.79 Å². The van der Waals surface area contributed by atoms with Crippen LogP contribution in [-0.2, 0) is 0 Å². The van der Waals surface area contributed by atoms with Crippen molar-refractivity contribution in [3.63, 3.8) is 0 Å². The summed E-state index contributed by atoms with van der Waals surface area (Å²) in [6, 6.07) is 3.47. The summed E-state index contributed by atoms with van der Waals surface area (Å²) >= 11 is 6.12. The number of halogens is 1. The predicted octanol–water partition coefficient (Wildman–Crippen LogP) is 2.33. The van der Waals surface area contributed by atoms with Gasteiger partial charge in [-0.3, -0.25) is 9.69 Å². The zero-order valence-corrected chi connectivity index (χ0v) is 13.9. The monoisotopic (exact) mass is 310 g/mol. The predicted molar refractivity (Wildman–Crippen MR) is 86.0 cm³/mol. The van der Waals surface area contributed by atoms with Crippen molar-refractivity contribution >= 4 is 23.3 Å². The second-order valence-corrected chi connectivity index (χ2v) is 6.63. The summed E-state index contributed by atoms with van der Waals surface area (Å²) in [5.74, 6) is 0.557. The van der Waals surface area contributed by atoms with Gasteiger partial charge in [-0.25, -0.2) is 4.98 Å². The maximum Gasteiger partial charge on any atom is 0.274 e. The number of hydrogen-bond acceptors (Lipinski definition) is 4. The second-order valence-electron chi connectivity index (χ2n) is 6.23. The van der Waals surface area contributed by atoms with Crippen LogP contribution >= 0.6 is 11.6 Å². The first-order valence-electron chi connectivity index (χ1n) is 7.21. The number of anilines is 1. The molecule has 1 aromatic heterocycles. The van der Waals surface area contributed by atoms with Crippen molar-refractivity contribution < 1.29 is 4.79 Å². The molecule has 1 aliphatic heterocycles. The molecule has 0 aromatic carbocycles. The molecule has 5 nitrogen and oxygen atoms in total. The van der Waals surface area contributed by atoms with Gasteiger partial charge in [0, 0.05) is 38.8 Å². The quantitative estimate of drug-likeness (QED) is 0.911. The van der Waals surface area contributed by atoms with E-state index in [-0.39, 0.29) is 11.4 Å². The second kappa shape index (κ2) is 6.20. The Bertz CT molecular complexity index is 519. The van der Waals surface area contributed by atoms with Crippen molar-refractivity contribution in [3.05, 3.63) is 22.8 Å². The number of nitrogens with zero attached hydrogens (tertiary/aromatic N) is 3. The minimum Gasteiger partial charge on any atom is -0.373 e. The van der Waals surface area contributed by atoms with Crippen molar-refractivity contribution in [2.75, 3.05) is 38.5 Å². The van der Waals surface area contributed by atoms with E-state index < -0.39 is 0 Å². The fraction of sp³-hybridized carbons (Fsp3) is 0.600. The Morgan fingerprint density at radius 2 is 1.86 bits per heavy atom. The SMILES string of the molecule is CNc1ccc(Cl)c(C(=O)N2CCN(C(C)(C)C)CC2)n1. The molecule has 1 N–H and O–H groups in total. The first kappa shape index (κ1) is 16.0. The average molecular weight is 311 g/mol. The number of rotatable bonds is 2. The Labute approximate surface area is 131 Å². The van der Waals surface area contributed by atoms with Gasteiger partial charge in [-0.1, -0.05) is 11.6 Å². The molecular weight excluding hydrogens is 288 g/mol. The highest BCUT2D eigenvalue weighted by Crippen LogP contribution is 2.21. The van der Waals surface area contributed by atoms with Crippen LogP contribution in [0, 0.1) is 0 Å². The summed E-state index contributed by atoms with van der Waals surface area (Å²) in [5, 5.41) is 3.33. The van der Waals surface area contributed by atoms with Crippen LogP contribution in [0.4, 0.5) is 5.82 Å². The summed E-state index contributed by atoms with van der Waals surface area (Å²) in [6.07, 6.45) is 0. The third-order valence-electron chi connectivity index (χ3n) is 3.82. The Hall–Kier alpha value is -1.33. The molecule has 0 radical (unpaired) electrons. The van der Waals surface area contributed by atoms with Crippen LogP contribution in [0.2, 0.25) is 5.02 Å². The largest absolute Gasteiger partial charge is 0.373 e. The molecule has 21 heavy (non-hydrogen) atoms. The molecule has 0 spiro atoms. The Morgan fingerprint density at radius 1 is 1.24 bits per heavy atom. The summed E-state index contributed by atoms with van der Waals surface area (Å²) < 4.78 is 0. The molecule has 1 saturated heterocycles. The zero-order valence-electron chi connectivity index (χ0n) is 13.1. The molecule has 1 aliphatic rings. The number of aromatic nitrogens is 1. The van der Waals surface area contributed by atoms with Crippen LogP contribution in [0.15, 0.2) is 12.1 Å². The van der Waals surface area contributed by atoms with E-state index in [1.54, 1.807) is 19.2 Å². The Morgan fingerprint density at radius 3 is 2.38 bits per heavy atom. The van der Waals surface area contributed by atoms with Gasteiger partial charge in [0.2, 0.25) is 0 Å². The van der Waals surface area contributed by atoms with Gasteiger partial charge in [0.1, 0.15) is 11.5 Å². The lowest BCUT2D eigenvalue weighted by Crippen LogP contribution is -2.54. The maximum absolute atomic E-state index is 12.6. The number of carbonyl (C=O) groups excluding carboxylic acids is 1. The molecule has 0 unspecified atom stereocenters. The minimum absolute atomic E-state index is 0.0920. The molecule has 0 atom stereocenters. The van der Waals surface area contributed by atoms with Crippen molar-refractivity contribution in [2.24, 2.45) is 0 Å². The zero-order chi connectivity index (χ0) is 15.6. The minimum atomic E-state index is -0.0920. The molecule has 0 aliphatic carbocycles. The van der Waals surface area contributed by atoms with E-state index in [0.717, 1.165) is 13.1 Å². The standard InChI is InChI=1S/C15H23ClN4O/c1-15(2,3)20-9-7-19(8-10-20)14(21)13-11(16)5-6-12(17-4)18-13/h5-6H,7-10H2,1-4H3,(H,17,18). The van der Waals surface area contributed by atoms with E-state index >= 15 is 0 Å². The lowest BCUT2D eigenvalue weighted by atomic mass is 10.0. The molecule has 1 amide bonds. The highest BCUT2D eigenvalue weighted by Gasteiger charge is 2.29. The molecule has 0 bridgehead atoms. The normalized spacial score (nSPS) is 16.9. The third kappa shape index (κ3) is 3.66.